The largest absolute Gasteiger partial charge is 0.506 e. The summed E-state index contributed by atoms with van der Waals surface area (Å²) in [6.07, 6.45) is -5.31. The van der Waals surface area contributed by atoms with Crippen LogP contribution in [-0.4, -0.2) is 17.1 Å². The standard InChI is InChI=1S/C17H7F3O5/c18-17(19,20)15(22)12-13(21)8-5-6-10-11(14(8)25-16(12)23)7-3-1-2-4-9(7)24-10/h1-6,21H. The van der Waals surface area contributed by atoms with Crippen molar-refractivity contribution in [2.24, 2.45) is 0 Å². The van der Waals surface area contributed by atoms with Gasteiger partial charge in [-0.15, -0.1) is 0 Å². The molecule has 0 aliphatic carbocycles. The van der Waals surface area contributed by atoms with Crippen molar-refractivity contribution in [1.29, 1.82) is 0 Å². The minimum absolute atomic E-state index is 0.149. The van der Waals surface area contributed by atoms with Crippen LogP contribution in [0.3, 0.4) is 0 Å². The fourth-order valence-corrected chi connectivity index (χ4v) is 2.79. The van der Waals surface area contributed by atoms with Gasteiger partial charge in [-0.25, -0.2) is 4.79 Å². The third-order valence-corrected chi connectivity index (χ3v) is 3.87. The SMILES string of the molecule is O=C(c1c(O)c2ccc3oc4ccccc4c3c2oc1=O)C(F)(F)F. The Morgan fingerprint density at radius 1 is 0.960 bits per heavy atom. The van der Waals surface area contributed by atoms with Gasteiger partial charge in [-0.05, 0) is 18.2 Å². The summed E-state index contributed by atoms with van der Waals surface area (Å²) in [6.45, 7) is 0. The van der Waals surface area contributed by atoms with Crippen LogP contribution in [0.25, 0.3) is 32.9 Å². The summed E-state index contributed by atoms with van der Waals surface area (Å²) in [5, 5.41) is 10.8. The Hall–Kier alpha value is -3.29. The number of benzene rings is 2. The first-order valence-electron chi connectivity index (χ1n) is 7.00. The maximum Gasteiger partial charge on any atom is 0.455 e. The van der Waals surface area contributed by atoms with Gasteiger partial charge in [-0.3, -0.25) is 4.79 Å². The molecule has 0 saturated carbocycles. The van der Waals surface area contributed by atoms with Crippen LogP contribution < -0.4 is 5.63 Å². The van der Waals surface area contributed by atoms with Crippen LogP contribution in [0.5, 0.6) is 5.75 Å². The number of hydrogen-bond acceptors (Lipinski definition) is 5. The third kappa shape index (κ3) is 2.10. The summed E-state index contributed by atoms with van der Waals surface area (Å²) in [6, 6.07) is 9.41. The number of fused-ring (bicyclic) bond motifs is 5. The molecule has 0 aliphatic rings. The number of alkyl halides is 3. The molecule has 0 bridgehead atoms. The highest BCUT2D eigenvalue weighted by Gasteiger charge is 2.43. The average molecular weight is 348 g/mol. The van der Waals surface area contributed by atoms with Crippen LogP contribution in [-0.2, 0) is 0 Å². The summed E-state index contributed by atoms with van der Waals surface area (Å²) in [5.41, 5.74) is -2.35. The molecule has 8 heteroatoms. The Bertz CT molecular complexity index is 1230. The molecule has 1 N–H and O–H groups in total. The maximum atomic E-state index is 12.7. The van der Waals surface area contributed by atoms with Crippen LogP contribution in [0.15, 0.2) is 50.0 Å². The van der Waals surface area contributed by atoms with Crippen LogP contribution in [0, 0.1) is 0 Å². The number of hydrogen-bond donors (Lipinski definition) is 1. The molecule has 0 saturated heterocycles. The molecule has 4 aromatic rings. The fraction of sp³-hybridized carbons (Fsp3) is 0.0588. The normalized spacial score (nSPS) is 12.3. The smallest absolute Gasteiger partial charge is 0.455 e. The van der Waals surface area contributed by atoms with Crippen molar-refractivity contribution in [3.63, 3.8) is 0 Å². The van der Waals surface area contributed by atoms with Gasteiger partial charge in [0.2, 0.25) is 0 Å². The summed E-state index contributed by atoms with van der Waals surface area (Å²) in [7, 11) is 0. The van der Waals surface area contributed by atoms with Gasteiger partial charge in [0.1, 0.15) is 16.9 Å². The van der Waals surface area contributed by atoms with E-state index < -0.39 is 28.9 Å². The fourth-order valence-electron chi connectivity index (χ4n) is 2.79. The van der Waals surface area contributed by atoms with Crippen molar-refractivity contribution < 1.29 is 31.9 Å². The first kappa shape index (κ1) is 15.3. The molecule has 4 rings (SSSR count). The van der Waals surface area contributed by atoms with Crippen molar-refractivity contribution in [1.82, 2.24) is 0 Å². The second-order valence-corrected chi connectivity index (χ2v) is 5.35. The molecule has 2 heterocycles. The van der Waals surface area contributed by atoms with E-state index in [1.165, 1.54) is 12.1 Å². The highest BCUT2D eigenvalue weighted by Crippen LogP contribution is 2.38. The molecular weight excluding hydrogens is 341 g/mol. The van der Waals surface area contributed by atoms with Gasteiger partial charge in [0.05, 0.1) is 10.8 Å². The lowest BCUT2D eigenvalue weighted by Gasteiger charge is -2.08. The van der Waals surface area contributed by atoms with Gasteiger partial charge in [-0.1, -0.05) is 18.2 Å². The zero-order valence-corrected chi connectivity index (χ0v) is 12.2. The molecule has 126 valence electrons. The van der Waals surface area contributed by atoms with Crippen molar-refractivity contribution in [2.75, 3.05) is 0 Å². The highest BCUT2D eigenvalue weighted by molar-refractivity contribution is 6.18. The zero-order valence-electron chi connectivity index (χ0n) is 12.2. The number of carbonyl (C=O) groups excluding carboxylic acids is 1. The van der Waals surface area contributed by atoms with Crippen molar-refractivity contribution in [3.8, 4) is 5.75 Å². The van der Waals surface area contributed by atoms with Crippen molar-refractivity contribution in [3.05, 3.63) is 52.4 Å². The van der Waals surface area contributed by atoms with Crippen molar-refractivity contribution in [2.45, 2.75) is 6.18 Å². The molecule has 0 spiro atoms. The number of para-hydroxylation sites is 1. The van der Waals surface area contributed by atoms with Crippen LogP contribution in [0.1, 0.15) is 10.4 Å². The van der Waals surface area contributed by atoms with E-state index in [0.717, 1.165) is 0 Å². The molecule has 0 radical (unpaired) electrons. The van der Waals surface area contributed by atoms with Gasteiger partial charge in [-0.2, -0.15) is 13.2 Å². The molecule has 0 amide bonds. The van der Waals surface area contributed by atoms with E-state index in [1.54, 1.807) is 24.3 Å². The predicted molar refractivity (Wildman–Crippen MR) is 81.8 cm³/mol. The predicted octanol–water partition coefficient (Wildman–Crippen LogP) is 4.14. The monoisotopic (exact) mass is 348 g/mol. The van der Waals surface area contributed by atoms with Gasteiger partial charge in [0.25, 0.3) is 5.78 Å². The summed E-state index contributed by atoms with van der Waals surface area (Å²) >= 11 is 0. The van der Waals surface area contributed by atoms with Crippen LogP contribution >= 0.6 is 0 Å². The molecular formula is C17H7F3O5. The molecule has 25 heavy (non-hydrogen) atoms. The Morgan fingerprint density at radius 2 is 1.68 bits per heavy atom. The number of furan rings is 1. The van der Waals surface area contributed by atoms with Gasteiger partial charge >= 0.3 is 11.8 Å². The van der Waals surface area contributed by atoms with E-state index in [1.807, 2.05) is 0 Å². The van der Waals surface area contributed by atoms with E-state index in [0.29, 0.717) is 21.9 Å². The summed E-state index contributed by atoms with van der Waals surface area (Å²) < 4.78 is 48.5. The van der Waals surface area contributed by atoms with Gasteiger partial charge in [0.15, 0.2) is 11.1 Å². The lowest BCUT2D eigenvalue weighted by Crippen LogP contribution is -2.28. The average Bonchev–Trinajstić information content (AvgIpc) is 2.92. The Balaban J connectivity index is 2.17. The Kier molecular flexibility index (Phi) is 2.96. The Labute approximate surface area is 135 Å². The lowest BCUT2D eigenvalue weighted by atomic mass is 10.1. The highest BCUT2D eigenvalue weighted by atomic mass is 19.4. The van der Waals surface area contributed by atoms with Gasteiger partial charge < -0.3 is 13.9 Å². The number of halogens is 3. The lowest BCUT2D eigenvalue weighted by molar-refractivity contribution is -0.0888. The second-order valence-electron chi connectivity index (χ2n) is 5.35. The van der Waals surface area contributed by atoms with E-state index in [4.69, 9.17) is 8.83 Å². The summed E-state index contributed by atoms with van der Waals surface area (Å²) in [4.78, 5) is 23.4. The second kappa shape index (κ2) is 4.85. The van der Waals surface area contributed by atoms with Crippen LogP contribution in [0.4, 0.5) is 13.2 Å². The quantitative estimate of drug-likeness (QED) is 0.413. The number of rotatable bonds is 1. The Morgan fingerprint density at radius 3 is 2.40 bits per heavy atom. The van der Waals surface area contributed by atoms with E-state index in [-0.39, 0.29) is 11.0 Å². The number of carbonyl (C=O) groups is 1. The third-order valence-electron chi connectivity index (χ3n) is 3.87. The minimum Gasteiger partial charge on any atom is -0.506 e. The first-order valence-corrected chi connectivity index (χ1v) is 7.00. The minimum atomic E-state index is -5.31. The summed E-state index contributed by atoms with van der Waals surface area (Å²) in [5.74, 6) is -3.53. The molecule has 0 fully saturated rings. The molecule has 0 aliphatic heterocycles. The van der Waals surface area contributed by atoms with E-state index in [2.05, 4.69) is 0 Å². The first-order chi connectivity index (χ1) is 11.8. The number of Topliss-reactive ketones (excluding diaryl/α,β-unsaturated/α-hetero) is 1. The molecule has 2 aromatic heterocycles. The molecule has 0 unspecified atom stereocenters. The molecule has 5 nitrogen and oxygen atoms in total. The zero-order chi connectivity index (χ0) is 17.9. The maximum absolute atomic E-state index is 12.7. The molecule has 2 aromatic carbocycles. The van der Waals surface area contributed by atoms with E-state index >= 15 is 0 Å². The van der Waals surface area contributed by atoms with Crippen LogP contribution in [0.2, 0.25) is 0 Å². The topological polar surface area (TPSA) is 80.7 Å². The van der Waals surface area contributed by atoms with Crippen molar-refractivity contribution >= 4 is 38.7 Å². The number of ketones is 1. The van der Waals surface area contributed by atoms with Gasteiger partial charge in [0, 0.05) is 5.39 Å². The van der Waals surface area contributed by atoms with E-state index in [9.17, 15) is 27.9 Å². The number of aromatic hydroxyl groups is 1. The molecule has 0 atom stereocenters.